The summed E-state index contributed by atoms with van der Waals surface area (Å²) in [4.78, 5) is 0. The SMILES string of the molecule is Cc1ccc(O)c([P+](c2ccccc2)(c2ccccc2)c2ccccc2)c1.I. The van der Waals surface area contributed by atoms with Crippen LogP contribution in [0.1, 0.15) is 5.56 Å². The van der Waals surface area contributed by atoms with Crippen molar-refractivity contribution in [2.24, 2.45) is 0 Å². The predicted octanol–water partition coefficient (Wildman–Crippen LogP) is 4.94. The molecule has 0 heterocycles. The summed E-state index contributed by atoms with van der Waals surface area (Å²) >= 11 is 0. The summed E-state index contributed by atoms with van der Waals surface area (Å²) < 4.78 is 0. The average Bonchev–Trinajstić information content (AvgIpc) is 2.73. The lowest BCUT2D eigenvalue weighted by Crippen LogP contribution is -2.38. The average molecular weight is 497 g/mol. The van der Waals surface area contributed by atoms with Gasteiger partial charge in [0.05, 0.1) is 0 Å². The quantitative estimate of drug-likeness (QED) is 0.313. The van der Waals surface area contributed by atoms with Crippen molar-refractivity contribution in [2.45, 2.75) is 6.92 Å². The van der Waals surface area contributed by atoms with Gasteiger partial charge in [-0.25, -0.2) is 0 Å². The third kappa shape index (κ3) is 3.59. The largest absolute Gasteiger partial charge is 0.504 e. The van der Waals surface area contributed by atoms with Crippen LogP contribution in [0.4, 0.5) is 0 Å². The molecule has 28 heavy (non-hydrogen) atoms. The van der Waals surface area contributed by atoms with Crippen LogP contribution >= 0.6 is 31.2 Å². The maximum Gasteiger partial charge on any atom is 0.159 e. The van der Waals surface area contributed by atoms with Crippen molar-refractivity contribution in [3.63, 3.8) is 0 Å². The maximum atomic E-state index is 11.0. The first kappa shape index (κ1) is 20.6. The summed E-state index contributed by atoms with van der Waals surface area (Å²) in [7, 11) is -2.22. The predicted molar refractivity (Wildman–Crippen MR) is 133 cm³/mol. The smallest absolute Gasteiger partial charge is 0.159 e. The molecule has 0 aliphatic heterocycles. The number of hydrogen-bond acceptors (Lipinski definition) is 1. The third-order valence-corrected chi connectivity index (χ3v) is 9.22. The second-order valence-corrected chi connectivity index (χ2v) is 10.0. The molecule has 0 saturated heterocycles. The Bertz CT molecular complexity index is 937. The number of rotatable bonds is 4. The lowest BCUT2D eigenvalue weighted by atomic mass is 10.2. The van der Waals surface area contributed by atoms with Gasteiger partial charge in [-0.2, -0.15) is 0 Å². The van der Waals surface area contributed by atoms with Gasteiger partial charge in [0, 0.05) is 0 Å². The third-order valence-electron chi connectivity index (χ3n) is 4.92. The van der Waals surface area contributed by atoms with Crippen LogP contribution in [0.2, 0.25) is 0 Å². The Kier molecular flexibility index (Phi) is 6.53. The molecule has 0 radical (unpaired) electrons. The van der Waals surface area contributed by atoms with Crippen molar-refractivity contribution in [3.05, 3.63) is 115 Å². The molecule has 0 aliphatic rings. The highest BCUT2D eigenvalue weighted by Gasteiger charge is 2.49. The van der Waals surface area contributed by atoms with Crippen LogP contribution in [-0.4, -0.2) is 5.11 Å². The van der Waals surface area contributed by atoms with E-state index in [1.807, 2.05) is 30.3 Å². The fourth-order valence-corrected chi connectivity index (χ4v) is 8.12. The van der Waals surface area contributed by atoms with Crippen molar-refractivity contribution in [1.82, 2.24) is 0 Å². The molecule has 1 nitrogen and oxygen atoms in total. The molecule has 0 amide bonds. The number of aryl methyl sites for hydroxylation is 1. The maximum absolute atomic E-state index is 11.0. The highest BCUT2D eigenvalue weighted by atomic mass is 127. The zero-order chi connectivity index (χ0) is 18.7. The molecule has 0 bridgehead atoms. The summed E-state index contributed by atoms with van der Waals surface area (Å²) in [6, 6.07) is 37.7. The van der Waals surface area contributed by atoms with Gasteiger partial charge in [0.25, 0.3) is 0 Å². The molecule has 0 fully saturated rings. The highest BCUT2D eigenvalue weighted by Crippen LogP contribution is 2.56. The van der Waals surface area contributed by atoms with E-state index in [0.717, 1.165) is 10.9 Å². The van der Waals surface area contributed by atoms with Crippen LogP contribution in [0.15, 0.2) is 109 Å². The van der Waals surface area contributed by atoms with Crippen LogP contribution in [-0.2, 0) is 0 Å². The van der Waals surface area contributed by atoms with E-state index in [9.17, 15) is 5.11 Å². The molecule has 0 saturated carbocycles. The highest BCUT2D eigenvalue weighted by molar-refractivity contribution is 14.0. The van der Waals surface area contributed by atoms with E-state index < -0.39 is 7.26 Å². The molecule has 0 unspecified atom stereocenters. The second kappa shape index (κ2) is 8.89. The Morgan fingerprint density at radius 2 is 0.964 bits per heavy atom. The van der Waals surface area contributed by atoms with E-state index in [4.69, 9.17) is 0 Å². The first-order valence-electron chi connectivity index (χ1n) is 9.09. The molecule has 4 aromatic carbocycles. The Morgan fingerprint density at radius 1 is 0.571 bits per heavy atom. The van der Waals surface area contributed by atoms with Gasteiger partial charge < -0.3 is 5.11 Å². The molecule has 0 aromatic heterocycles. The Balaban J connectivity index is 0.00000225. The molecular weight excluding hydrogens is 474 g/mol. The van der Waals surface area contributed by atoms with Crippen molar-refractivity contribution >= 4 is 52.5 Å². The van der Waals surface area contributed by atoms with Gasteiger partial charge in [-0.3, -0.25) is 0 Å². The first-order valence-corrected chi connectivity index (χ1v) is 10.9. The van der Waals surface area contributed by atoms with E-state index in [-0.39, 0.29) is 24.0 Å². The summed E-state index contributed by atoms with van der Waals surface area (Å²) in [5.41, 5.74) is 1.15. The number of halogens is 1. The molecule has 1 N–H and O–H groups in total. The normalized spacial score (nSPS) is 10.9. The lowest BCUT2D eigenvalue weighted by Gasteiger charge is -2.28. The van der Waals surface area contributed by atoms with Gasteiger partial charge in [-0.05, 0) is 61.0 Å². The van der Waals surface area contributed by atoms with Gasteiger partial charge in [0.1, 0.15) is 23.2 Å². The molecule has 4 rings (SSSR count). The van der Waals surface area contributed by atoms with E-state index in [2.05, 4.69) is 85.8 Å². The van der Waals surface area contributed by atoms with Crippen LogP contribution in [0.3, 0.4) is 0 Å². The number of aromatic hydroxyl groups is 1. The molecule has 0 spiro atoms. The van der Waals surface area contributed by atoms with Crippen molar-refractivity contribution < 1.29 is 5.11 Å². The first-order chi connectivity index (χ1) is 13.2. The summed E-state index contributed by atoms with van der Waals surface area (Å²) in [6.07, 6.45) is 0. The Morgan fingerprint density at radius 3 is 1.36 bits per heavy atom. The molecule has 4 aromatic rings. The van der Waals surface area contributed by atoms with Crippen molar-refractivity contribution in [1.29, 1.82) is 0 Å². The fraction of sp³-hybridized carbons (Fsp3) is 0.0400. The topological polar surface area (TPSA) is 20.2 Å². The van der Waals surface area contributed by atoms with E-state index >= 15 is 0 Å². The minimum atomic E-state index is -2.22. The summed E-state index contributed by atoms with van der Waals surface area (Å²) in [5, 5.41) is 15.7. The van der Waals surface area contributed by atoms with Crippen LogP contribution in [0.25, 0.3) is 0 Å². The second-order valence-electron chi connectivity index (χ2n) is 6.67. The molecule has 3 heteroatoms. The van der Waals surface area contributed by atoms with Crippen molar-refractivity contribution in [3.8, 4) is 5.75 Å². The minimum Gasteiger partial charge on any atom is -0.504 e. The number of hydrogen-bond donors (Lipinski definition) is 1. The molecule has 140 valence electrons. The zero-order valence-electron chi connectivity index (χ0n) is 15.7. The van der Waals surface area contributed by atoms with Gasteiger partial charge in [0.15, 0.2) is 11.1 Å². The molecular formula is C25H23IOP+. The van der Waals surface area contributed by atoms with Gasteiger partial charge in [-0.15, -0.1) is 24.0 Å². The zero-order valence-corrected chi connectivity index (χ0v) is 18.9. The van der Waals surface area contributed by atoms with Gasteiger partial charge >= 0.3 is 0 Å². The minimum absolute atomic E-state index is 0. The van der Waals surface area contributed by atoms with Gasteiger partial charge in [0.2, 0.25) is 0 Å². The van der Waals surface area contributed by atoms with Crippen molar-refractivity contribution in [2.75, 3.05) is 0 Å². The lowest BCUT2D eigenvalue weighted by molar-refractivity contribution is 0.479. The standard InChI is InChI=1S/C25H21OP.HI/c1-20-17-18-24(26)25(19-20)27(21-11-5-2-6-12-21,22-13-7-3-8-14-22)23-15-9-4-10-16-23;/h2-19H,1H3;1H/p+1. The molecule has 0 aliphatic carbocycles. The summed E-state index contributed by atoms with van der Waals surface area (Å²) in [5.74, 6) is 0.352. The van der Waals surface area contributed by atoms with E-state index in [1.165, 1.54) is 15.9 Å². The fourth-order valence-electron chi connectivity index (χ4n) is 3.72. The number of benzene rings is 4. The number of phenols is 1. The van der Waals surface area contributed by atoms with Gasteiger partial charge in [-0.1, -0.05) is 60.7 Å². The van der Waals surface area contributed by atoms with E-state index in [1.54, 1.807) is 0 Å². The Hall–Kier alpha value is -2.16. The summed E-state index contributed by atoms with van der Waals surface area (Å²) in [6.45, 7) is 2.08. The van der Waals surface area contributed by atoms with Crippen LogP contribution in [0, 0.1) is 6.92 Å². The number of phenolic OH excluding ortho intramolecular Hbond substituents is 1. The van der Waals surface area contributed by atoms with Crippen LogP contribution in [0.5, 0.6) is 5.75 Å². The monoisotopic (exact) mass is 497 g/mol. The Labute approximate surface area is 184 Å². The van der Waals surface area contributed by atoms with E-state index in [0.29, 0.717) is 5.75 Å². The molecule has 0 atom stereocenters. The van der Waals surface area contributed by atoms with Crippen LogP contribution < -0.4 is 21.2 Å².